The van der Waals surface area contributed by atoms with Crippen LogP contribution in [0.25, 0.3) is 6.08 Å². The lowest BCUT2D eigenvalue weighted by atomic mass is 10.0. The van der Waals surface area contributed by atoms with Gasteiger partial charge in [-0.2, -0.15) is 4.31 Å². The van der Waals surface area contributed by atoms with Crippen LogP contribution in [0.2, 0.25) is 5.04 Å². The molecule has 0 radical (unpaired) electrons. The van der Waals surface area contributed by atoms with E-state index >= 15 is 0 Å². The molecule has 0 spiro atoms. The second kappa shape index (κ2) is 13.1. The molecule has 0 aliphatic carbocycles. The maximum Gasteiger partial charge on any atom is 0.319 e. The normalized spacial score (nSPS) is 17.1. The molecule has 228 valence electrons. The summed E-state index contributed by atoms with van der Waals surface area (Å²) in [6.45, 7) is 11.5. The summed E-state index contributed by atoms with van der Waals surface area (Å²) in [5.74, 6) is 0.810. The van der Waals surface area contributed by atoms with Crippen molar-refractivity contribution in [3.05, 3.63) is 144 Å². The van der Waals surface area contributed by atoms with E-state index in [1.54, 1.807) is 16.4 Å². The van der Waals surface area contributed by atoms with Gasteiger partial charge in [0.05, 0.1) is 10.7 Å². The van der Waals surface area contributed by atoms with Gasteiger partial charge in [0.1, 0.15) is 0 Å². The van der Waals surface area contributed by atoms with E-state index in [9.17, 15) is 8.42 Å². The van der Waals surface area contributed by atoms with Gasteiger partial charge in [0.15, 0.2) is 0 Å². The molecule has 5 rings (SSSR count). The molecular weight excluding hydrogens is 579 g/mol. The van der Waals surface area contributed by atoms with E-state index in [4.69, 9.17) is 4.43 Å². The maximum atomic E-state index is 14.1. The predicted molar refractivity (Wildman–Crippen MR) is 185 cm³/mol. The quantitative estimate of drug-likeness (QED) is 0.191. The molecule has 44 heavy (non-hydrogen) atoms. The van der Waals surface area contributed by atoms with E-state index in [0.29, 0.717) is 17.9 Å². The summed E-state index contributed by atoms with van der Waals surface area (Å²) >= 11 is 0. The highest BCUT2D eigenvalue weighted by atomic mass is 32.2. The second-order valence-corrected chi connectivity index (χ2v) is 19.0. The van der Waals surface area contributed by atoms with E-state index < -0.39 is 18.3 Å². The molecule has 4 nitrogen and oxygen atoms in total. The molecule has 0 N–H and O–H groups in total. The van der Waals surface area contributed by atoms with Crippen LogP contribution in [0.4, 0.5) is 0 Å². The minimum atomic E-state index is -3.73. The Hall–Kier alpha value is -3.71. The molecule has 1 heterocycles. The van der Waals surface area contributed by atoms with Crippen LogP contribution in [0.1, 0.15) is 45.2 Å². The number of nitrogens with zero attached hydrogens (tertiary/aromatic N) is 1. The fourth-order valence-electron chi connectivity index (χ4n) is 6.10. The molecule has 4 aromatic rings. The Morgan fingerprint density at radius 1 is 0.773 bits per heavy atom. The third-order valence-corrected chi connectivity index (χ3v) is 15.3. The van der Waals surface area contributed by atoms with Crippen LogP contribution < -0.4 is 10.4 Å². The number of hydrogen-bond acceptors (Lipinski definition) is 3. The fourth-order valence-corrected chi connectivity index (χ4v) is 12.2. The molecule has 0 unspecified atom stereocenters. The summed E-state index contributed by atoms with van der Waals surface area (Å²) in [5, 5.41) is 2.19. The van der Waals surface area contributed by atoms with Gasteiger partial charge in [0.25, 0.3) is 0 Å². The summed E-state index contributed by atoms with van der Waals surface area (Å²) in [6, 6.07) is 38.5. The first kappa shape index (κ1) is 31.7. The van der Waals surface area contributed by atoms with E-state index in [2.05, 4.69) is 93.6 Å². The van der Waals surface area contributed by atoms with Gasteiger partial charge in [-0.1, -0.05) is 142 Å². The number of benzene rings is 4. The molecule has 0 amide bonds. The molecule has 0 bridgehead atoms. The molecule has 1 aliphatic rings. The molecule has 0 saturated carbocycles. The Labute approximate surface area is 264 Å². The average Bonchev–Trinajstić information content (AvgIpc) is 3.18. The zero-order valence-corrected chi connectivity index (χ0v) is 28.2. The van der Waals surface area contributed by atoms with E-state index in [0.717, 1.165) is 22.5 Å². The monoisotopic (exact) mass is 621 g/mol. The Morgan fingerprint density at radius 2 is 1.30 bits per heavy atom. The molecule has 4 aromatic carbocycles. The smallest absolute Gasteiger partial charge is 0.319 e. The largest absolute Gasteiger partial charge is 0.537 e. The molecule has 1 atom stereocenters. The van der Waals surface area contributed by atoms with Crippen molar-refractivity contribution in [3.8, 4) is 0 Å². The number of aryl methyl sites for hydroxylation is 1. The van der Waals surface area contributed by atoms with Crippen molar-refractivity contribution in [1.29, 1.82) is 0 Å². The van der Waals surface area contributed by atoms with E-state index in [-0.39, 0.29) is 17.5 Å². The molecule has 1 aliphatic heterocycles. The van der Waals surface area contributed by atoms with Crippen molar-refractivity contribution < 1.29 is 12.8 Å². The fraction of sp³-hybridized carbons (Fsp3) is 0.263. The summed E-state index contributed by atoms with van der Waals surface area (Å²) in [7, 11) is -6.64. The zero-order chi connectivity index (χ0) is 31.4. The minimum Gasteiger partial charge on any atom is -0.537 e. The van der Waals surface area contributed by atoms with Crippen molar-refractivity contribution in [2.45, 2.75) is 51.0 Å². The summed E-state index contributed by atoms with van der Waals surface area (Å²) in [4.78, 5) is 0.318. The predicted octanol–water partition coefficient (Wildman–Crippen LogP) is 7.57. The lowest BCUT2D eigenvalue weighted by Crippen LogP contribution is -2.66. The SMILES string of the molecule is CC1=C(O[Si](c2ccccc2)(c2ccccc2)C(C)(C)C)C[C@@H](/C=C/c2ccccc2)CN(S(=O)(=O)c2ccc(C)cc2)C1. The Morgan fingerprint density at radius 3 is 1.82 bits per heavy atom. The standard InChI is InChI=1S/C38H43NO3SSi/c1-30-21-25-34(26-22-30)43(40,41)39-28-31(2)37(27-33(29-39)24-23-32-15-9-6-10-16-32)42-44(38(3,4)5,35-17-11-7-12-18-35)36-19-13-8-14-20-36/h6-26,33H,27-29H2,1-5H3/b24-23+/t33-/m1/s1. The van der Waals surface area contributed by atoms with Gasteiger partial charge in [0.2, 0.25) is 10.0 Å². The average molecular weight is 622 g/mol. The van der Waals surface area contributed by atoms with Gasteiger partial charge >= 0.3 is 8.32 Å². The maximum absolute atomic E-state index is 14.1. The third-order valence-electron chi connectivity index (χ3n) is 8.49. The van der Waals surface area contributed by atoms with E-state index in [1.807, 2.05) is 56.3 Å². The summed E-state index contributed by atoms with van der Waals surface area (Å²) in [6.07, 6.45) is 4.86. The highest BCUT2D eigenvalue weighted by Crippen LogP contribution is 2.40. The van der Waals surface area contributed by atoms with Crippen LogP contribution in [0.15, 0.2) is 138 Å². The molecule has 0 aromatic heterocycles. The van der Waals surface area contributed by atoms with Crippen molar-refractivity contribution >= 4 is 34.8 Å². The zero-order valence-electron chi connectivity index (χ0n) is 26.4. The molecule has 0 fully saturated rings. The van der Waals surface area contributed by atoms with Crippen LogP contribution in [0.5, 0.6) is 0 Å². The molecule has 0 saturated heterocycles. The van der Waals surface area contributed by atoms with Crippen molar-refractivity contribution in [3.63, 3.8) is 0 Å². The van der Waals surface area contributed by atoms with Crippen LogP contribution in [0.3, 0.4) is 0 Å². The first-order valence-electron chi connectivity index (χ1n) is 15.3. The molecular formula is C38H43NO3SSi. The number of hydrogen-bond donors (Lipinski definition) is 0. The highest BCUT2D eigenvalue weighted by molar-refractivity contribution is 7.89. The Kier molecular flexibility index (Phi) is 9.44. The number of allylic oxidation sites excluding steroid dienone is 1. The van der Waals surface area contributed by atoms with Crippen molar-refractivity contribution in [1.82, 2.24) is 4.31 Å². The van der Waals surface area contributed by atoms with Crippen LogP contribution in [0, 0.1) is 12.8 Å². The second-order valence-electron chi connectivity index (χ2n) is 12.8. The Balaban J connectivity index is 1.63. The van der Waals surface area contributed by atoms with Gasteiger partial charge < -0.3 is 4.43 Å². The molecule has 6 heteroatoms. The van der Waals surface area contributed by atoms with Gasteiger partial charge in [-0.25, -0.2) is 8.42 Å². The number of sulfonamides is 1. The highest BCUT2D eigenvalue weighted by Gasteiger charge is 2.52. The van der Waals surface area contributed by atoms with Crippen LogP contribution in [-0.4, -0.2) is 34.1 Å². The Bertz CT molecular complexity index is 1670. The van der Waals surface area contributed by atoms with Crippen molar-refractivity contribution in [2.75, 3.05) is 13.1 Å². The first-order valence-corrected chi connectivity index (χ1v) is 18.6. The van der Waals surface area contributed by atoms with Gasteiger partial charge in [0, 0.05) is 19.5 Å². The van der Waals surface area contributed by atoms with E-state index in [1.165, 1.54) is 10.4 Å². The van der Waals surface area contributed by atoms with Crippen LogP contribution >= 0.6 is 0 Å². The van der Waals surface area contributed by atoms with Gasteiger partial charge in [-0.15, -0.1) is 0 Å². The summed E-state index contributed by atoms with van der Waals surface area (Å²) < 4.78 is 37.3. The van der Waals surface area contributed by atoms with Crippen LogP contribution in [-0.2, 0) is 14.4 Å². The topological polar surface area (TPSA) is 46.6 Å². The lowest BCUT2D eigenvalue weighted by molar-refractivity contribution is 0.354. The van der Waals surface area contributed by atoms with Crippen molar-refractivity contribution in [2.24, 2.45) is 5.92 Å². The number of rotatable bonds is 8. The lowest BCUT2D eigenvalue weighted by Gasteiger charge is -2.44. The third kappa shape index (κ3) is 6.68. The first-order chi connectivity index (χ1) is 21.0. The van der Waals surface area contributed by atoms with Gasteiger partial charge in [-0.05, 0) is 58.4 Å². The minimum absolute atomic E-state index is 0.0823. The van der Waals surface area contributed by atoms with Gasteiger partial charge in [-0.3, -0.25) is 0 Å². The summed E-state index contributed by atoms with van der Waals surface area (Å²) in [5.41, 5.74) is 3.06.